The summed E-state index contributed by atoms with van der Waals surface area (Å²) in [5.74, 6) is -0.284. The van der Waals surface area contributed by atoms with Crippen molar-refractivity contribution in [1.29, 1.82) is 0 Å². The SMILES string of the molecule is Cc1ccc2c(c1)cc(CN1CCC(N3CCC(O)CC3)CC1)c(=O)n2Cc1cccc(F)c1. The molecular formula is C28H34FN3O2. The number of aromatic nitrogens is 1. The van der Waals surface area contributed by atoms with Crippen LogP contribution >= 0.6 is 0 Å². The number of benzene rings is 2. The van der Waals surface area contributed by atoms with E-state index in [4.69, 9.17) is 0 Å². The van der Waals surface area contributed by atoms with Gasteiger partial charge in [0, 0.05) is 31.2 Å². The van der Waals surface area contributed by atoms with E-state index in [1.54, 1.807) is 10.6 Å². The number of aryl methyl sites for hydroxylation is 1. The van der Waals surface area contributed by atoms with Gasteiger partial charge in [-0.1, -0.05) is 23.8 Å². The zero-order chi connectivity index (χ0) is 23.7. The van der Waals surface area contributed by atoms with E-state index < -0.39 is 0 Å². The Bertz CT molecular complexity index is 1210. The molecule has 5 nitrogen and oxygen atoms in total. The molecule has 2 fully saturated rings. The summed E-state index contributed by atoms with van der Waals surface area (Å²) in [5, 5.41) is 10.8. The second kappa shape index (κ2) is 9.98. The van der Waals surface area contributed by atoms with E-state index in [9.17, 15) is 14.3 Å². The van der Waals surface area contributed by atoms with Gasteiger partial charge in [-0.25, -0.2) is 4.39 Å². The van der Waals surface area contributed by atoms with Crippen LogP contribution in [0.5, 0.6) is 0 Å². The second-order valence-electron chi connectivity index (χ2n) is 10.0. The highest BCUT2D eigenvalue weighted by Crippen LogP contribution is 2.23. The molecule has 1 aromatic heterocycles. The summed E-state index contributed by atoms with van der Waals surface area (Å²) in [7, 11) is 0. The molecule has 3 heterocycles. The molecule has 0 radical (unpaired) electrons. The summed E-state index contributed by atoms with van der Waals surface area (Å²) in [6.07, 6.45) is 3.81. The molecule has 0 saturated carbocycles. The minimum atomic E-state index is -0.284. The van der Waals surface area contributed by atoms with Gasteiger partial charge in [-0.2, -0.15) is 0 Å². The van der Waals surface area contributed by atoms with Crippen molar-refractivity contribution in [3.05, 3.63) is 81.4 Å². The Morgan fingerprint density at radius 3 is 2.44 bits per heavy atom. The third-order valence-electron chi connectivity index (χ3n) is 7.52. The van der Waals surface area contributed by atoms with Crippen LogP contribution in [0.3, 0.4) is 0 Å². The lowest BCUT2D eigenvalue weighted by Gasteiger charge is -2.41. The maximum Gasteiger partial charge on any atom is 0.255 e. The molecule has 3 aromatic rings. The molecular weight excluding hydrogens is 429 g/mol. The molecule has 2 saturated heterocycles. The monoisotopic (exact) mass is 463 g/mol. The van der Waals surface area contributed by atoms with Crippen LogP contribution in [0.15, 0.2) is 53.3 Å². The number of pyridine rings is 1. The number of rotatable bonds is 5. The standard InChI is InChI=1S/C28H34FN3O2/c1-20-5-6-27-22(15-20)17-23(28(34)32(27)18-21-3-2-4-24(29)16-21)19-30-11-7-25(8-12-30)31-13-9-26(33)10-14-31/h2-6,15-17,25-26,33H,7-14,18-19H2,1H3. The summed E-state index contributed by atoms with van der Waals surface area (Å²) in [5.41, 5.74) is 3.63. The molecule has 1 N–H and O–H groups in total. The van der Waals surface area contributed by atoms with Gasteiger partial charge in [0.2, 0.25) is 0 Å². The topological polar surface area (TPSA) is 48.7 Å². The first-order valence-corrected chi connectivity index (χ1v) is 12.5. The summed E-state index contributed by atoms with van der Waals surface area (Å²) in [4.78, 5) is 18.5. The number of piperidine rings is 2. The average Bonchev–Trinajstić information content (AvgIpc) is 2.83. The van der Waals surface area contributed by atoms with Crippen molar-refractivity contribution >= 4 is 10.9 Å². The zero-order valence-corrected chi connectivity index (χ0v) is 19.9. The number of hydrogen-bond acceptors (Lipinski definition) is 4. The fourth-order valence-electron chi connectivity index (χ4n) is 5.59. The Balaban J connectivity index is 1.36. The van der Waals surface area contributed by atoms with Crippen molar-refractivity contribution in [3.63, 3.8) is 0 Å². The molecule has 6 heteroatoms. The average molecular weight is 464 g/mol. The summed E-state index contributed by atoms with van der Waals surface area (Å²) >= 11 is 0. The Morgan fingerprint density at radius 1 is 0.941 bits per heavy atom. The van der Waals surface area contributed by atoms with Crippen LogP contribution in [-0.4, -0.2) is 57.8 Å². The maximum absolute atomic E-state index is 13.8. The number of aliphatic hydroxyl groups is 1. The van der Waals surface area contributed by atoms with Crippen LogP contribution in [0.25, 0.3) is 10.9 Å². The van der Waals surface area contributed by atoms with Crippen LogP contribution in [-0.2, 0) is 13.1 Å². The largest absolute Gasteiger partial charge is 0.393 e. The quantitative estimate of drug-likeness (QED) is 0.623. The minimum absolute atomic E-state index is 0.00718. The highest BCUT2D eigenvalue weighted by molar-refractivity contribution is 5.80. The molecule has 5 rings (SSSR count). The van der Waals surface area contributed by atoms with Crippen LogP contribution < -0.4 is 5.56 Å². The predicted molar refractivity (Wildman–Crippen MR) is 134 cm³/mol. The second-order valence-corrected chi connectivity index (χ2v) is 10.0. The molecule has 0 amide bonds. The number of fused-ring (bicyclic) bond motifs is 1. The van der Waals surface area contributed by atoms with Crippen molar-refractivity contribution in [1.82, 2.24) is 14.4 Å². The van der Waals surface area contributed by atoms with Crippen LogP contribution in [0.4, 0.5) is 4.39 Å². The lowest BCUT2D eigenvalue weighted by Crippen LogP contribution is -2.48. The van der Waals surface area contributed by atoms with Gasteiger partial charge in [-0.3, -0.25) is 9.69 Å². The summed E-state index contributed by atoms with van der Waals surface area (Å²) in [6.45, 7) is 6.97. The normalized spacial score (nSPS) is 19.1. The Hall–Kier alpha value is -2.54. The lowest BCUT2D eigenvalue weighted by atomic mass is 9.98. The smallest absolute Gasteiger partial charge is 0.255 e. The highest BCUT2D eigenvalue weighted by atomic mass is 19.1. The van der Waals surface area contributed by atoms with Gasteiger partial charge in [0.05, 0.1) is 18.2 Å². The molecule has 0 bridgehead atoms. The van der Waals surface area contributed by atoms with Crippen molar-refractivity contribution in [2.24, 2.45) is 0 Å². The highest BCUT2D eigenvalue weighted by Gasteiger charge is 2.28. The first-order valence-electron chi connectivity index (χ1n) is 12.5. The first kappa shape index (κ1) is 23.2. The lowest BCUT2D eigenvalue weighted by molar-refractivity contribution is 0.0375. The van der Waals surface area contributed by atoms with E-state index in [0.29, 0.717) is 19.1 Å². The third-order valence-corrected chi connectivity index (χ3v) is 7.52. The number of hydrogen-bond donors (Lipinski definition) is 1. The van der Waals surface area contributed by atoms with Gasteiger partial charge in [0.25, 0.3) is 5.56 Å². The number of aliphatic hydroxyl groups excluding tert-OH is 1. The zero-order valence-electron chi connectivity index (χ0n) is 19.9. The van der Waals surface area contributed by atoms with Crippen LogP contribution in [0.2, 0.25) is 0 Å². The van der Waals surface area contributed by atoms with Crippen LogP contribution in [0.1, 0.15) is 42.4 Å². The predicted octanol–water partition coefficient (Wildman–Crippen LogP) is 3.92. The molecule has 0 aliphatic carbocycles. The van der Waals surface area contributed by atoms with Crippen molar-refractivity contribution < 1.29 is 9.50 Å². The number of nitrogens with zero attached hydrogens (tertiary/aromatic N) is 3. The fraction of sp³-hybridized carbons (Fsp3) is 0.464. The van der Waals surface area contributed by atoms with E-state index in [2.05, 4.69) is 22.8 Å². The van der Waals surface area contributed by atoms with E-state index in [-0.39, 0.29) is 17.5 Å². The Labute approximate surface area is 200 Å². The summed E-state index contributed by atoms with van der Waals surface area (Å²) in [6, 6.07) is 15.3. The first-order chi connectivity index (χ1) is 16.5. The number of halogens is 1. The molecule has 0 unspecified atom stereocenters. The van der Waals surface area contributed by atoms with Crippen molar-refractivity contribution in [2.75, 3.05) is 26.2 Å². The van der Waals surface area contributed by atoms with Crippen LogP contribution in [0, 0.1) is 12.7 Å². The third kappa shape index (κ3) is 5.09. The van der Waals surface area contributed by atoms with Gasteiger partial charge < -0.3 is 14.6 Å². The van der Waals surface area contributed by atoms with Gasteiger partial charge in [0.1, 0.15) is 5.82 Å². The fourth-order valence-corrected chi connectivity index (χ4v) is 5.59. The van der Waals surface area contributed by atoms with E-state index >= 15 is 0 Å². The van der Waals surface area contributed by atoms with E-state index in [0.717, 1.165) is 79.5 Å². The minimum Gasteiger partial charge on any atom is -0.393 e. The van der Waals surface area contributed by atoms with Gasteiger partial charge >= 0.3 is 0 Å². The van der Waals surface area contributed by atoms with Crippen molar-refractivity contribution in [3.8, 4) is 0 Å². The summed E-state index contributed by atoms with van der Waals surface area (Å²) < 4.78 is 15.6. The van der Waals surface area contributed by atoms with Gasteiger partial charge in [0.15, 0.2) is 0 Å². The number of likely N-dealkylation sites (tertiary alicyclic amines) is 2. The molecule has 0 spiro atoms. The molecule has 2 aromatic carbocycles. The van der Waals surface area contributed by atoms with E-state index in [1.807, 2.05) is 24.3 Å². The molecule has 34 heavy (non-hydrogen) atoms. The van der Waals surface area contributed by atoms with Gasteiger partial charge in [-0.05, 0) is 87.0 Å². The van der Waals surface area contributed by atoms with Crippen molar-refractivity contribution in [2.45, 2.75) is 57.8 Å². The molecule has 2 aliphatic rings. The Morgan fingerprint density at radius 2 is 1.71 bits per heavy atom. The van der Waals surface area contributed by atoms with Gasteiger partial charge in [-0.15, -0.1) is 0 Å². The Kier molecular flexibility index (Phi) is 6.82. The molecule has 0 atom stereocenters. The molecule has 180 valence electrons. The van der Waals surface area contributed by atoms with E-state index in [1.165, 1.54) is 12.1 Å². The maximum atomic E-state index is 13.8. The molecule has 2 aliphatic heterocycles.